The highest BCUT2D eigenvalue weighted by atomic mass is 80.9. The topological polar surface area (TPSA) is 164 Å². The molecule has 2 aliphatic rings. The maximum absolute atomic E-state index is 11.6. The van der Waals surface area contributed by atoms with Crippen LogP contribution in [0.1, 0.15) is 43.1 Å². The van der Waals surface area contributed by atoms with Crippen LogP contribution in [0.3, 0.4) is 0 Å². The van der Waals surface area contributed by atoms with Crippen molar-refractivity contribution < 1.29 is 44.5 Å². The number of ketones is 2. The van der Waals surface area contributed by atoms with Crippen LogP contribution >= 0.6 is 67.4 Å². The Morgan fingerprint density at radius 2 is 1.23 bits per heavy atom. The predicted molar refractivity (Wildman–Crippen MR) is 173 cm³/mol. The third kappa shape index (κ3) is 11.3. The van der Waals surface area contributed by atoms with E-state index in [9.17, 15) is 26.4 Å². The number of hydrogen-bond acceptors (Lipinski definition) is 12. The van der Waals surface area contributed by atoms with Crippen LogP contribution in [0.2, 0.25) is 10.0 Å². The van der Waals surface area contributed by atoms with E-state index in [1.54, 1.807) is 24.3 Å². The molecule has 0 bridgehead atoms. The van der Waals surface area contributed by atoms with E-state index in [-0.39, 0.29) is 62.7 Å². The van der Waals surface area contributed by atoms with Gasteiger partial charge in [0.05, 0.1) is 39.0 Å². The molecule has 0 spiro atoms. The largest absolute Gasteiger partial charge is 0.387 e. The van der Waals surface area contributed by atoms with Crippen molar-refractivity contribution >= 4 is 111 Å². The minimum Gasteiger partial charge on any atom is -0.387 e. The average molecular weight is 874 g/mol. The summed E-state index contributed by atoms with van der Waals surface area (Å²) in [6.45, 7) is 1.38. The second kappa shape index (κ2) is 16.5. The summed E-state index contributed by atoms with van der Waals surface area (Å²) in [5.41, 5.74) is 1.26. The van der Waals surface area contributed by atoms with E-state index in [0.29, 0.717) is 11.1 Å². The lowest BCUT2D eigenvalue weighted by Crippen LogP contribution is -2.14. The summed E-state index contributed by atoms with van der Waals surface area (Å²) in [6, 6.07) is 9.23. The lowest BCUT2D eigenvalue weighted by molar-refractivity contribution is -0.111. The highest BCUT2D eigenvalue weighted by Crippen LogP contribution is 2.40. The Morgan fingerprint density at radius 3 is 1.58 bits per heavy atom. The van der Waals surface area contributed by atoms with Gasteiger partial charge in [-0.25, -0.2) is 0 Å². The Morgan fingerprint density at radius 1 is 0.837 bits per heavy atom. The maximum Gasteiger partial charge on any atom is 0.306 e. The van der Waals surface area contributed by atoms with Crippen molar-refractivity contribution in [1.82, 2.24) is 0 Å². The van der Waals surface area contributed by atoms with Gasteiger partial charge in [0.25, 0.3) is 0 Å². The first-order chi connectivity index (χ1) is 20.1. The van der Waals surface area contributed by atoms with Crippen molar-refractivity contribution in [2.75, 3.05) is 17.8 Å². The number of benzene rings is 2. The van der Waals surface area contributed by atoms with Gasteiger partial charge < -0.3 is 18.0 Å². The fourth-order valence-corrected chi connectivity index (χ4v) is 5.49. The van der Waals surface area contributed by atoms with Gasteiger partial charge in [0.1, 0.15) is 11.4 Å². The van der Waals surface area contributed by atoms with E-state index in [1.165, 1.54) is 19.1 Å². The quantitative estimate of drug-likeness (QED) is 0.208. The predicted octanol–water partition coefficient (Wildman–Crippen LogP) is 6.24. The Balaban J connectivity index is 0.000000284. The average Bonchev–Trinajstić information content (AvgIpc) is 3.59. The number of nitrogens with zero attached hydrogens (tertiary/aromatic N) is 2. The van der Waals surface area contributed by atoms with Gasteiger partial charge in [0, 0.05) is 48.0 Å². The van der Waals surface area contributed by atoms with Crippen LogP contribution < -0.4 is 8.37 Å². The standard InChI is InChI=1S/C12H11BrClNO5S.C12H12ClNO5S.Br2/c1-21(17,18)20-10-4-2-3-7(14)12(10)11-5-8(15-19-11)9(16)6-13;1-7(15)9-6-11(18-14-9)12-8(13)4-3-5-10(12)19-20(2,16)17;1-2/h2-4,11H,5-6H2,1H3;3-5,11H,6H2,1-2H3;. The molecule has 236 valence electrons. The molecule has 0 saturated carbocycles. The summed E-state index contributed by atoms with van der Waals surface area (Å²) in [5.74, 6) is -0.261. The summed E-state index contributed by atoms with van der Waals surface area (Å²) < 4.78 is 54.9. The van der Waals surface area contributed by atoms with Crippen LogP contribution in [-0.4, -0.2) is 57.7 Å². The molecule has 0 radical (unpaired) electrons. The fraction of sp³-hybridized carbons (Fsp3) is 0.333. The number of hydrogen-bond donors (Lipinski definition) is 0. The minimum absolute atomic E-state index is 0.0674. The van der Waals surface area contributed by atoms with Gasteiger partial charge >= 0.3 is 20.2 Å². The molecule has 2 unspecified atom stereocenters. The molecule has 12 nitrogen and oxygen atoms in total. The van der Waals surface area contributed by atoms with Crippen LogP contribution in [0, 0.1) is 0 Å². The second-order valence-corrected chi connectivity index (χ2v) is 13.2. The molecule has 2 aromatic carbocycles. The molecule has 4 rings (SSSR count). The van der Waals surface area contributed by atoms with E-state index in [2.05, 4.69) is 54.5 Å². The lowest BCUT2D eigenvalue weighted by Gasteiger charge is -2.15. The van der Waals surface area contributed by atoms with Gasteiger partial charge in [-0.15, -0.1) is 0 Å². The van der Waals surface area contributed by atoms with Gasteiger partial charge in [-0.1, -0.05) is 61.6 Å². The molecule has 0 N–H and O–H groups in total. The summed E-state index contributed by atoms with van der Waals surface area (Å²) in [6.07, 6.45) is 0.995. The highest BCUT2D eigenvalue weighted by molar-refractivity contribution is 9.93. The molecule has 0 aliphatic carbocycles. The van der Waals surface area contributed by atoms with Gasteiger partial charge in [-0.3, -0.25) is 9.59 Å². The first kappa shape index (κ1) is 37.4. The van der Waals surface area contributed by atoms with Crippen molar-refractivity contribution in [2.45, 2.75) is 32.0 Å². The molecule has 43 heavy (non-hydrogen) atoms. The smallest absolute Gasteiger partial charge is 0.306 e. The second-order valence-electron chi connectivity index (χ2n) is 8.66. The molecule has 2 aliphatic heterocycles. The Labute approximate surface area is 282 Å². The van der Waals surface area contributed by atoms with Crippen LogP contribution in [0.25, 0.3) is 0 Å². The van der Waals surface area contributed by atoms with Crippen molar-refractivity contribution in [1.29, 1.82) is 0 Å². The fourth-order valence-electron chi connectivity index (χ4n) is 3.65. The lowest BCUT2D eigenvalue weighted by atomic mass is 10.0. The Bertz CT molecular complexity index is 1640. The molecule has 0 aromatic heterocycles. The Kier molecular flexibility index (Phi) is 14.4. The van der Waals surface area contributed by atoms with Gasteiger partial charge in [-0.05, 0) is 24.3 Å². The van der Waals surface area contributed by atoms with Gasteiger partial charge in [0.15, 0.2) is 35.3 Å². The monoisotopic (exact) mass is 870 g/mol. The summed E-state index contributed by atoms with van der Waals surface area (Å²) in [5, 5.41) is 8.10. The third-order valence-corrected chi connectivity index (χ3v) is 7.47. The number of alkyl halides is 1. The summed E-state index contributed by atoms with van der Waals surface area (Å²) in [7, 11) is -7.40. The van der Waals surface area contributed by atoms with Gasteiger partial charge in [0.2, 0.25) is 0 Å². The van der Waals surface area contributed by atoms with E-state index in [1.807, 2.05) is 0 Å². The first-order valence-electron chi connectivity index (χ1n) is 11.6. The molecule has 2 aromatic rings. The van der Waals surface area contributed by atoms with E-state index >= 15 is 0 Å². The molecular weight excluding hydrogens is 851 g/mol. The van der Waals surface area contributed by atoms with E-state index in [0.717, 1.165) is 12.5 Å². The maximum atomic E-state index is 11.6. The molecule has 19 heteroatoms. The number of rotatable bonds is 9. The SMILES string of the molecule is BrBr.CC(=O)C1=NOC(c2c(Cl)cccc2OS(C)(=O)=O)C1.CS(=O)(=O)Oc1cccc(Cl)c1C1CC(C(=O)CBr)=NO1. The van der Waals surface area contributed by atoms with Crippen molar-refractivity contribution in [2.24, 2.45) is 10.3 Å². The van der Waals surface area contributed by atoms with Crippen LogP contribution in [0.4, 0.5) is 0 Å². The molecule has 0 amide bonds. The minimum atomic E-state index is -3.71. The zero-order valence-electron chi connectivity index (χ0n) is 22.4. The number of Topliss-reactive ketones (excluding diaryl/α,β-unsaturated/α-hetero) is 2. The first-order valence-corrected chi connectivity index (χ1v) is 20.9. The number of oxime groups is 2. The summed E-state index contributed by atoms with van der Waals surface area (Å²) in [4.78, 5) is 33.2. The molecule has 0 fully saturated rings. The zero-order valence-corrected chi connectivity index (χ0v) is 30.3. The van der Waals surface area contributed by atoms with Crippen LogP contribution in [0.15, 0.2) is 46.7 Å². The van der Waals surface area contributed by atoms with Crippen LogP contribution in [0.5, 0.6) is 11.5 Å². The number of carbonyl (C=O) groups is 2. The van der Waals surface area contributed by atoms with Gasteiger partial charge in [-0.2, -0.15) is 16.8 Å². The van der Waals surface area contributed by atoms with Crippen molar-refractivity contribution in [3.8, 4) is 11.5 Å². The molecule has 0 saturated heterocycles. The van der Waals surface area contributed by atoms with Crippen molar-refractivity contribution in [3.05, 3.63) is 57.6 Å². The third-order valence-electron chi connectivity index (χ3n) is 5.34. The number of carbonyl (C=O) groups excluding carboxylic acids is 2. The molecular formula is C24H23Br3Cl2N2O10S2. The zero-order chi connectivity index (χ0) is 32.5. The number of halogens is 5. The normalized spacial score (nSPS) is 17.5. The van der Waals surface area contributed by atoms with E-state index in [4.69, 9.17) is 41.2 Å². The Hall–Kier alpha value is -1.76. The van der Waals surface area contributed by atoms with Crippen LogP contribution in [-0.2, 0) is 39.5 Å². The molecule has 2 heterocycles. The molecule has 2 atom stereocenters. The highest BCUT2D eigenvalue weighted by Gasteiger charge is 2.32. The van der Waals surface area contributed by atoms with Crippen molar-refractivity contribution in [3.63, 3.8) is 0 Å². The summed E-state index contributed by atoms with van der Waals surface area (Å²) >= 11 is 20.7. The van der Waals surface area contributed by atoms with E-state index < -0.39 is 32.4 Å².